The topological polar surface area (TPSA) is 4.44 Å². The molecule has 0 aromatic heterocycles. The van der Waals surface area contributed by atoms with Gasteiger partial charge in [0, 0.05) is 0 Å². The highest BCUT2D eigenvalue weighted by molar-refractivity contribution is 5.85. The summed E-state index contributed by atoms with van der Waals surface area (Å²) in [5.41, 5.74) is 0. The van der Waals surface area contributed by atoms with Crippen LogP contribution < -0.4 is 4.90 Å². The van der Waals surface area contributed by atoms with Gasteiger partial charge in [-0.25, -0.2) is 0 Å². The average molecular weight is 137 g/mol. The van der Waals surface area contributed by atoms with Crippen LogP contribution in [-0.4, -0.2) is 20.1 Å². The Morgan fingerprint density at radius 3 is 1.75 bits per heavy atom. The smallest absolute Gasteiger partial charge is 0.0768 e. The zero-order chi connectivity index (χ0) is 5.11. The van der Waals surface area contributed by atoms with Crippen LogP contribution in [0.2, 0.25) is 0 Å². The third-order valence-electron chi connectivity index (χ3n) is 1.71. The van der Waals surface area contributed by atoms with E-state index in [1.54, 1.807) is 4.90 Å². The van der Waals surface area contributed by atoms with E-state index in [2.05, 4.69) is 7.05 Å². The molecule has 0 bridgehead atoms. The summed E-state index contributed by atoms with van der Waals surface area (Å²) < 4.78 is 0. The third-order valence-corrected chi connectivity index (χ3v) is 1.71. The van der Waals surface area contributed by atoms with E-state index in [1.807, 2.05) is 0 Å². The van der Waals surface area contributed by atoms with Crippen molar-refractivity contribution in [3.63, 3.8) is 0 Å². The van der Waals surface area contributed by atoms with Gasteiger partial charge in [-0.3, -0.25) is 0 Å². The maximum absolute atomic E-state index is 2.28. The van der Waals surface area contributed by atoms with Crippen LogP contribution in [0, 0.1) is 0 Å². The Balaban J connectivity index is 0.000000490. The molecule has 0 aliphatic carbocycles. The molecule has 0 saturated carbocycles. The van der Waals surface area contributed by atoms with Gasteiger partial charge < -0.3 is 4.90 Å². The van der Waals surface area contributed by atoms with Crippen LogP contribution in [-0.2, 0) is 0 Å². The fraction of sp³-hybridized carbons (Fsp3) is 1.00. The van der Waals surface area contributed by atoms with Crippen LogP contribution in [0.5, 0.6) is 0 Å². The molecule has 1 N–H and O–H groups in total. The molecule has 8 heavy (non-hydrogen) atoms. The highest BCUT2D eigenvalue weighted by atomic mass is 35.5. The summed E-state index contributed by atoms with van der Waals surface area (Å²) in [6.45, 7) is 2.81. The highest BCUT2D eigenvalue weighted by Gasteiger charge is 2.05. The van der Waals surface area contributed by atoms with Crippen LogP contribution in [0.1, 0.15) is 19.3 Å². The van der Waals surface area contributed by atoms with Crippen molar-refractivity contribution < 1.29 is 4.90 Å². The first-order valence-corrected chi connectivity index (χ1v) is 3.21. The summed E-state index contributed by atoms with van der Waals surface area (Å²) in [4.78, 5) is 1.71. The second kappa shape index (κ2) is 4.16. The van der Waals surface area contributed by atoms with Crippen LogP contribution in [0.4, 0.5) is 0 Å². The molecule has 1 rings (SSSR count). The molecular formula is C6H15ClN+. The van der Waals surface area contributed by atoms with Crippen molar-refractivity contribution in [1.29, 1.82) is 0 Å². The summed E-state index contributed by atoms with van der Waals surface area (Å²) in [6, 6.07) is 0. The van der Waals surface area contributed by atoms with Crippen molar-refractivity contribution in [1.82, 2.24) is 0 Å². The SMILES string of the molecule is C[NH+]1CCCCC1.Cl. The molecule has 50 valence electrons. The van der Waals surface area contributed by atoms with Gasteiger partial charge >= 0.3 is 0 Å². The van der Waals surface area contributed by atoms with E-state index >= 15 is 0 Å². The standard InChI is InChI=1S/C6H13N.ClH/c1-7-5-3-2-4-6-7;/h2-6H2,1H3;1H/p+1. The molecule has 2 heteroatoms. The van der Waals surface area contributed by atoms with Gasteiger partial charge in [-0.15, -0.1) is 12.4 Å². The van der Waals surface area contributed by atoms with Crippen LogP contribution >= 0.6 is 12.4 Å². The zero-order valence-electron chi connectivity index (χ0n) is 5.44. The summed E-state index contributed by atoms with van der Waals surface area (Å²) in [5.74, 6) is 0. The van der Waals surface area contributed by atoms with E-state index < -0.39 is 0 Å². The van der Waals surface area contributed by atoms with E-state index in [0.29, 0.717) is 0 Å². The van der Waals surface area contributed by atoms with E-state index in [-0.39, 0.29) is 12.4 Å². The average Bonchev–Trinajstić information content (AvgIpc) is 1.69. The van der Waals surface area contributed by atoms with Gasteiger partial charge in [0.2, 0.25) is 0 Å². The maximum atomic E-state index is 2.28. The highest BCUT2D eigenvalue weighted by Crippen LogP contribution is 1.92. The molecule has 0 radical (unpaired) electrons. The Morgan fingerprint density at radius 1 is 1.00 bits per heavy atom. The molecule has 0 unspecified atom stereocenters. The lowest BCUT2D eigenvalue weighted by Crippen LogP contribution is -3.09. The first-order chi connectivity index (χ1) is 3.39. The van der Waals surface area contributed by atoms with Crippen molar-refractivity contribution in [2.24, 2.45) is 0 Å². The van der Waals surface area contributed by atoms with Crippen molar-refractivity contribution in [3.05, 3.63) is 0 Å². The number of nitrogens with one attached hydrogen (secondary N) is 1. The molecule has 1 heterocycles. The van der Waals surface area contributed by atoms with Gasteiger partial charge in [0.15, 0.2) is 0 Å². The van der Waals surface area contributed by atoms with Crippen molar-refractivity contribution in [3.8, 4) is 0 Å². The van der Waals surface area contributed by atoms with E-state index in [1.165, 1.54) is 32.4 Å². The van der Waals surface area contributed by atoms with Crippen LogP contribution in [0.3, 0.4) is 0 Å². The second-order valence-electron chi connectivity index (χ2n) is 2.52. The molecule has 1 fully saturated rings. The van der Waals surface area contributed by atoms with Crippen LogP contribution in [0.15, 0.2) is 0 Å². The summed E-state index contributed by atoms with van der Waals surface area (Å²) in [6.07, 6.45) is 4.37. The Morgan fingerprint density at radius 2 is 1.50 bits per heavy atom. The van der Waals surface area contributed by atoms with E-state index in [0.717, 1.165) is 0 Å². The number of halogens is 1. The molecule has 1 nitrogen and oxygen atoms in total. The van der Waals surface area contributed by atoms with E-state index in [9.17, 15) is 0 Å². The van der Waals surface area contributed by atoms with Crippen LogP contribution in [0.25, 0.3) is 0 Å². The summed E-state index contributed by atoms with van der Waals surface area (Å²) in [5, 5.41) is 0. The summed E-state index contributed by atoms with van der Waals surface area (Å²) in [7, 11) is 2.28. The lowest BCUT2D eigenvalue weighted by Gasteiger charge is -2.17. The first kappa shape index (κ1) is 8.25. The molecule has 0 amide bonds. The molecule has 0 aromatic carbocycles. The lowest BCUT2D eigenvalue weighted by molar-refractivity contribution is -0.884. The number of hydrogen-bond acceptors (Lipinski definition) is 0. The minimum absolute atomic E-state index is 0. The van der Waals surface area contributed by atoms with Gasteiger partial charge in [0.05, 0.1) is 20.1 Å². The Hall–Kier alpha value is 0.250. The van der Waals surface area contributed by atoms with Crippen molar-refractivity contribution in [2.75, 3.05) is 20.1 Å². The minimum Gasteiger partial charge on any atom is -0.337 e. The first-order valence-electron chi connectivity index (χ1n) is 3.21. The number of rotatable bonds is 0. The molecular weight excluding hydrogens is 122 g/mol. The maximum Gasteiger partial charge on any atom is 0.0768 e. The minimum atomic E-state index is 0. The van der Waals surface area contributed by atoms with Crippen molar-refractivity contribution >= 4 is 12.4 Å². The molecule has 1 aliphatic rings. The van der Waals surface area contributed by atoms with Gasteiger partial charge in [0.1, 0.15) is 0 Å². The Kier molecular flexibility index (Phi) is 4.29. The van der Waals surface area contributed by atoms with Gasteiger partial charge in [-0.2, -0.15) is 0 Å². The fourth-order valence-corrected chi connectivity index (χ4v) is 1.16. The zero-order valence-corrected chi connectivity index (χ0v) is 6.26. The Bertz CT molecular complexity index is 50.5. The monoisotopic (exact) mass is 136 g/mol. The largest absolute Gasteiger partial charge is 0.337 e. The van der Waals surface area contributed by atoms with Gasteiger partial charge in [-0.05, 0) is 19.3 Å². The molecule has 1 saturated heterocycles. The fourth-order valence-electron chi connectivity index (χ4n) is 1.16. The predicted octanol–water partition coefficient (Wildman–Crippen LogP) is 0.107. The Labute approximate surface area is 57.5 Å². The van der Waals surface area contributed by atoms with Crippen molar-refractivity contribution in [2.45, 2.75) is 19.3 Å². The van der Waals surface area contributed by atoms with E-state index in [4.69, 9.17) is 0 Å². The normalized spacial score (nSPS) is 22.1. The number of likely N-dealkylation sites (tertiary alicyclic amines) is 1. The second-order valence-corrected chi connectivity index (χ2v) is 2.52. The number of quaternary nitrogens is 1. The molecule has 1 aliphatic heterocycles. The third kappa shape index (κ3) is 2.53. The number of piperidine rings is 1. The number of hydrogen-bond donors (Lipinski definition) is 1. The van der Waals surface area contributed by atoms with Gasteiger partial charge in [0.25, 0.3) is 0 Å². The lowest BCUT2D eigenvalue weighted by atomic mass is 10.1. The van der Waals surface area contributed by atoms with Gasteiger partial charge in [-0.1, -0.05) is 0 Å². The molecule has 0 atom stereocenters. The summed E-state index contributed by atoms with van der Waals surface area (Å²) >= 11 is 0. The quantitative estimate of drug-likeness (QED) is 0.482. The molecule has 0 aromatic rings. The molecule has 0 spiro atoms. The predicted molar refractivity (Wildman–Crippen MR) is 37.7 cm³/mol.